The molecule has 0 radical (unpaired) electrons. The Balaban J connectivity index is 0.00000256. The standard InChI is InChI=1S/C13H19NO2.ClH/c1-3-14(4-2)10-13(15)16-11-12-8-6-5-7-9-12;/h5-9H,3-4,10-11H2,1-2H3;1H. The van der Waals surface area contributed by atoms with Crippen LogP contribution in [0, 0.1) is 0 Å². The molecule has 17 heavy (non-hydrogen) atoms. The maximum Gasteiger partial charge on any atom is 0.320 e. The van der Waals surface area contributed by atoms with Crippen molar-refractivity contribution < 1.29 is 9.53 Å². The van der Waals surface area contributed by atoms with E-state index >= 15 is 0 Å². The quantitative estimate of drug-likeness (QED) is 0.734. The summed E-state index contributed by atoms with van der Waals surface area (Å²) < 4.78 is 5.18. The third-order valence-corrected chi connectivity index (χ3v) is 2.49. The van der Waals surface area contributed by atoms with E-state index in [9.17, 15) is 4.79 Å². The van der Waals surface area contributed by atoms with Crippen LogP contribution in [-0.2, 0) is 16.1 Å². The molecule has 0 amide bonds. The Hall–Kier alpha value is -1.06. The molecule has 0 heterocycles. The van der Waals surface area contributed by atoms with Crippen molar-refractivity contribution >= 4 is 18.4 Å². The van der Waals surface area contributed by atoms with Gasteiger partial charge in [-0.1, -0.05) is 44.2 Å². The van der Waals surface area contributed by atoms with E-state index in [4.69, 9.17) is 4.74 Å². The summed E-state index contributed by atoms with van der Waals surface area (Å²) in [7, 11) is 0. The lowest BCUT2D eigenvalue weighted by molar-refractivity contribution is -0.146. The lowest BCUT2D eigenvalue weighted by Gasteiger charge is -2.16. The molecule has 0 aliphatic carbocycles. The average Bonchev–Trinajstić information content (AvgIpc) is 2.34. The third kappa shape index (κ3) is 6.29. The zero-order valence-corrected chi connectivity index (χ0v) is 11.2. The van der Waals surface area contributed by atoms with E-state index < -0.39 is 0 Å². The second kappa shape index (κ2) is 9.02. The molecule has 0 atom stereocenters. The molecule has 0 saturated carbocycles. The number of esters is 1. The van der Waals surface area contributed by atoms with Gasteiger partial charge in [-0.05, 0) is 18.7 Å². The maximum absolute atomic E-state index is 11.5. The molecular formula is C13H20ClNO2. The van der Waals surface area contributed by atoms with Gasteiger partial charge in [-0.25, -0.2) is 0 Å². The van der Waals surface area contributed by atoms with Crippen molar-refractivity contribution in [3.8, 4) is 0 Å². The van der Waals surface area contributed by atoms with Gasteiger partial charge in [0.05, 0.1) is 6.54 Å². The Bertz CT molecular complexity index is 312. The van der Waals surface area contributed by atoms with Crippen LogP contribution in [0.1, 0.15) is 19.4 Å². The highest BCUT2D eigenvalue weighted by Crippen LogP contribution is 2.01. The van der Waals surface area contributed by atoms with Gasteiger partial charge in [-0.15, -0.1) is 12.4 Å². The summed E-state index contributed by atoms with van der Waals surface area (Å²) in [6.07, 6.45) is 0. The fourth-order valence-electron chi connectivity index (χ4n) is 1.41. The summed E-state index contributed by atoms with van der Waals surface area (Å²) >= 11 is 0. The number of halogens is 1. The Kier molecular flexibility index (Phi) is 8.46. The summed E-state index contributed by atoms with van der Waals surface area (Å²) in [4.78, 5) is 13.5. The van der Waals surface area contributed by atoms with Crippen LogP contribution in [0.3, 0.4) is 0 Å². The van der Waals surface area contributed by atoms with Gasteiger partial charge in [0.15, 0.2) is 0 Å². The molecule has 1 aromatic carbocycles. The molecule has 0 aliphatic heterocycles. The van der Waals surface area contributed by atoms with E-state index in [0.29, 0.717) is 13.2 Å². The van der Waals surface area contributed by atoms with Gasteiger partial charge in [0.1, 0.15) is 6.61 Å². The van der Waals surface area contributed by atoms with Crippen molar-refractivity contribution in [3.63, 3.8) is 0 Å². The first-order valence-corrected chi connectivity index (χ1v) is 5.68. The smallest absolute Gasteiger partial charge is 0.320 e. The lowest BCUT2D eigenvalue weighted by atomic mass is 10.2. The van der Waals surface area contributed by atoms with E-state index in [2.05, 4.69) is 0 Å². The van der Waals surface area contributed by atoms with Gasteiger partial charge < -0.3 is 4.74 Å². The van der Waals surface area contributed by atoms with Crippen LogP contribution in [0.5, 0.6) is 0 Å². The Morgan fingerprint density at radius 1 is 1.18 bits per heavy atom. The van der Waals surface area contributed by atoms with E-state index in [1.807, 2.05) is 49.1 Å². The molecule has 1 aromatic rings. The van der Waals surface area contributed by atoms with E-state index in [1.165, 1.54) is 0 Å². The summed E-state index contributed by atoms with van der Waals surface area (Å²) in [6, 6.07) is 9.72. The van der Waals surface area contributed by atoms with E-state index in [0.717, 1.165) is 18.7 Å². The van der Waals surface area contributed by atoms with E-state index in [1.54, 1.807) is 0 Å². The highest BCUT2D eigenvalue weighted by molar-refractivity contribution is 5.85. The number of nitrogens with zero attached hydrogens (tertiary/aromatic N) is 1. The molecule has 0 spiro atoms. The summed E-state index contributed by atoms with van der Waals surface area (Å²) in [6.45, 7) is 6.55. The molecular weight excluding hydrogens is 238 g/mol. The van der Waals surface area contributed by atoms with Crippen LogP contribution in [-0.4, -0.2) is 30.5 Å². The largest absolute Gasteiger partial charge is 0.460 e. The van der Waals surface area contributed by atoms with Gasteiger partial charge in [0, 0.05) is 0 Å². The van der Waals surface area contributed by atoms with Crippen LogP contribution in [0.2, 0.25) is 0 Å². The van der Waals surface area contributed by atoms with Crippen LogP contribution in [0.25, 0.3) is 0 Å². The molecule has 96 valence electrons. The zero-order chi connectivity index (χ0) is 11.8. The summed E-state index contributed by atoms with van der Waals surface area (Å²) in [5, 5.41) is 0. The highest BCUT2D eigenvalue weighted by atomic mass is 35.5. The predicted molar refractivity (Wildman–Crippen MR) is 71.3 cm³/mol. The molecule has 4 heteroatoms. The Morgan fingerprint density at radius 2 is 1.76 bits per heavy atom. The zero-order valence-electron chi connectivity index (χ0n) is 10.4. The number of hydrogen-bond donors (Lipinski definition) is 0. The van der Waals surface area contributed by atoms with Crippen LogP contribution < -0.4 is 0 Å². The fourth-order valence-corrected chi connectivity index (χ4v) is 1.41. The van der Waals surface area contributed by atoms with Crippen molar-refractivity contribution in [2.24, 2.45) is 0 Å². The van der Waals surface area contributed by atoms with Crippen molar-refractivity contribution in [1.82, 2.24) is 4.90 Å². The SMILES string of the molecule is CCN(CC)CC(=O)OCc1ccccc1.Cl. The van der Waals surface area contributed by atoms with Gasteiger partial charge in [0.2, 0.25) is 0 Å². The van der Waals surface area contributed by atoms with Crippen molar-refractivity contribution in [3.05, 3.63) is 35.9 Å². The topological polar surface area (TPSA) is 29.5 Å². The second-order valence-corrected chi connectivity index (χ2v) is 3.61. The predicted octanol–water partition coefficient (Wildman–Crippen LogP) is 2.49. The van der Waals surface area contributed by atoms with Gasteiger partial charge in [-0.3, -0.25) is 9.69 Å². The maximum atomic E-state index is 11.5. The number of rotatable bonds is 6. The molecule has 3 nitrogen and oxygen atoms in total. The molecule has 0 unspecified atom stereocenters. The summed E-state index contributed by atoms with van der Waals surface area (Å²) in [5.74, 6) is -0.160. The molecule has 0 N–H and O–H groups in total. The summed E-state index contributed by atoms with van der Waals surface area (Å²) in [5.41, 5.74) is 1.02. The van der Waals surface area contributed by atoms with Gasteiger partial charge >= 0.3 is 5.97 Å². The molecule has 0 aliphatic rings. The molecule has 0 aromatic heterocycles. The molecule has 0 fully saturated rings. The highest BCUT2D eigenvalue weighted by Gasteiger charge is 2.08. The van der Waals surface area contributed by atoms with Crippen molar-refractivity contribution in [2.45, 2.75) is 20.5 Å². The van der Waals surface area contributed by atoms with Crippen LogP contribution in [0.15, 0.2) is 30.3 Å². The van der Waals surface area contributed by atoms with Crippen LogP contribution in [0.4, 0.5) is 0 Å². The monoisotopic (exact) mass is 257 g/mol. The molecule has 0 bridgehead atoms. The van der Waals surface area contributed by atoms with E-state index in [-0.39, 0.29) is 18.4 Å². The number of benzene rings is 1. The minimum atomic E-state index is -0.160. The minimum absolute atomic E-state index is 0. The average molecular weight is 258 g/mol. The number of carbonyl (C=O) groups is 1. The first kappa shape index (κ1) is 15.9. The normalized spacial score (nSPS) is 9.82. The van der Waals surface area contributed by atoms with Crippen molar-refractivity contribution in [1.29, 1.82) is 0 Å². The van der Waals surface area contributed by atoms with Gasteiger partial charge in [0.25, 0.3) is 0 Å². The number of carbonyl (C=O) groups excluding carboxylic acids is 1. The third-order valence-electron chi connectivity index (χ3n) is 2.49. The van der Waals surface area contributed by atoms with Gasteiger partial charge in [-0.2, -0.15) is 0 Å². The first-order valence-electron chi connectivity index (χ1n) is 5.68. The lowest BCUT2D eigenvalue weighted by Crippen LogP contribution is -2.30. The first-order chi connectivity index (χ1) is 7.76. The number of likely N-dealkylation sites (N-methyl/N-ethyl adjacent to an activating group) is 1. The number of ether oxygens (including phenoxy) is 1. The van der Waals surface area contributed by atoms with Crippen LogP contribution >= 0.6 is 12.4 Å². The molecule has 1 rings (SSSR count). The minimum Gasteiger partial charge on any atom is -0.460 e. The molecule has 0 saturated heterocycles. The Labute approximate surface area is 109 Å². The fraction of sp³-hybridized carbons (Fsp3) is 0.462. The number of hydrogen-bond acceptors (Lipinski definition) is 3. The van der Waals surface area contributed by atoms with Crippen molar-refractivity contribution in [2.75, 3.05) is 19.6 Å². The Morgan fingerprint density at radius 3 is 2.29 bits per heavy atom. The second-order valence-electron chi connectivity index (χ2n) is 3.61.